The molecule has 24 heavy (non-hydrogen) atoms. The zero-order valence-corrected chi connectivity index (χ0v) is 13.6. The molecule has 0 aliphatic carbocycles. The Morgan fingerprint density at radius 2 is 2.00 bits per heavy atom. The molecule has 0 spiro atoms. The number of guanidine groups is 1. The van der Waals surface area contributed by atoms with Crippen molar-refractivity contribution in [3.63, 3.8) is 0 Å². The Hall–Kier alpha value is -2.42. The fourth-order valence-electron chi connectivity index (χ4n) is 1.78. The molecule has 0 aliphatic rings. The van der Waals surface area contributed by atoms with Gasteiger partial charge in [0.15, 0.2) is 5.96 Å². The van der Waals surface area contributed by atoms with Gasteiger partial charge in [-0.25, -0.2) is 0 Å². The average Bonchev–Trinajstić information content (AvgIpc) is 2.56. The van der Waals surface area contributed by atoms with Gasteiger partial charge >= 0.3 is 6.61 Å². The van der Waals surface area contributed by atoms with Crippen LogP contribution in [0.2, 0.25) is 0 Å². The molecule has 7 nitrogen and oxygen atoms in total. The van der Waals surface area contributed by atoms with E-state index >= 15 is 0 Å². The molecule has 0 unspecified atom stereocenters. The second-order valence-electron chi connectivity index (χ2n) is 4.61. The molecule has 0 bridgehead atoms. The first-order chi connectivity index (χ1) is 11.6. The highest BCUT2D eigenvalue weighted by Crippen LogP contribution is 2.19. The minimum absolute atomic E-state index is 0.0264. The van der Waals surface area contributed by atoms with Crippen LogP contribution in [0.15, 0.2) is 29.3 Å². The van der Waals surface area contributed by atoms with Crippen LogP contribution in [-0.2, 0) is 16.1 Å². The highest BCUT2D eigenvalue weighted by atomic mass is 19.3. The third kappa shape index (κ3) is 7.73. The maximum atomic E-state index is 12.4. The highest BCUT2D eigenvalue weighted by molar-refractivity contribution is 5.86. The van der Waals surface area contributed by atoms with Gasteiger partial charge in [-0.05, 0) is 6.07 Å². The maximum Gasteiger partial charge on any atom is 0.387 e. The number of amides is 1. The quantitative estimate of drug-likeness (QED) is 0.349. The molecular formula is C15H22F2N4O3. The number of halogens is 2. The van der Waals surface area contributed by atoms with E-state index in [-0.39, 0.29) is 24.7 Å². The van der Waals surface area contributed by atoms with Gasteiger partial charge in [-0.15, -0.1) is 0 Å². The number of nitrogens with zero attached hydrogens (tertiary/aromatic N) is 1. The third-order valence-electron chi connectivity index (χ3n) is 2.90. The number of nitrogens with one attached hydrogen (secondary N) is 3. The van der Waals surface area contributed by atoms with E-state index in [0.29, 0.717) is 24.7 Å². The van der Waals surface area contributed by atoms with Crippen LogP contribution < -0.4 is 20.7 Å². The molecule has 0 heterocycles. The first-order valence-electron chi connectivity index (χ1n) is 7.29. The molecule has 0 radical (unpaired) electrons. The summed E-state index contributed by atoms with van der Waals surface area (Å²) in [5.74, 6) is 0.243. The SMILES string of the molecule is CN=C(NCC(=O)NCCOC)NCc1ccccc1OC(F)F. The van der Waals surface area contributed by atoms with Gasteiger partial charge in [0.1, 0.15) is 5.75 Å². The second-order valence-corrected chi connectivity index (χ2v) is 4.61. The molecule has 134 valence electrons. The standard InChI is InChI=1S/C15H22F2N4O3/c1-18-15(21-10-13(22)19-7-8-23-2)20-9-11-5-3-4-6-12(11)24-14(16)17/h3-6,14H,7-10H2,1-2H3,(H,19,22)(H2,18,20,21). The van der Waals surface area contributed by atoms with Crippen LogP contribution in [0.1, 0.15) is 5.56 Å². The molecule has 1 aromatic carbocycles. The van der Waals surface area contributed by atoms with Gasteiger partial charge in [0, 0.05) is 32.8 Å². The summed E-state index contributed by atoms with van der Waals surface area (Å²) >= 11 is 0. The van der Waals surface area contributed by atoms with Crippen LogP contribution in [0, 0.1) is 0 Å². The zero-order valence-electron chi connectivity index (χ0n) is 13.6. The number of hydrogen-bond donors (Lipinski definition) is 3. The van der Waals surface area contributed by atoms with Crippen LogP contribution in [-0.4, -0.2) is 52.3 Å². The van der Waals surface area contributed by atoms with Gasteiger partial charge in [0.05, 0.1) is 13.2 Å². The average molecular weight is 344 g/mol. The Morgan fingerprint density at radius 1 is 1.25 bits per heavy atom. The van der Waals surface area contributed by atoms with Crippen LogP contribution >= 0.6 is 0 Å². The van der Waals surface area contributed by atoms with Crippen molar-refractivity contribution in [1.82, 2.24) is 16.0 Å². The van der Waals surface area contributed by atoms with E-state index in [1.165, 1.54) is 6.07 Å². The van der Waals surface area contributed by atoms with Crippen molar-refractivity contribution < 1.29 is 23.0 Å². The molecule has 3 N–H and O–H groups in total. The number of benzene rings is 1. The van der Waals surface area contributed by atoms with Crippen molar-refractivity contribution >= 4 is 11.9 Å². The largest absolute Gasteiger partial charge is 0.434 e. The lowest BCUT2D eigenvalue weighted by atomic mass is 10.2. The molecule has 9 heteroatoms. The molecule has 0 saturated heterocycles. The molecule has 0 aliphatic heterocycles. The molecule has 0 aromatic heterocycles. The first kappa shape index (κ1) is 19.6. The number of alkyl halides is 2. The van der Waals surface area contributed by atoms with Crippen molar-refractivity contribution in [2.45, 2.75) is 13.2 Å². The minimum Gasteiger partial charge on any atom is -0.434 e. The van der Waals surface area contributed by atoms with E-state index < -0.39 is 6.61 Å². The fraction of sp³-hybridized carbons (Fsp3) is 0.467. The monoisotopic (exact) mass is 344 g/mol. The third-order valence-corrected chi connectivity index (χ3v) is 2.90. The summed E-state index contributed by atoms with van der Waals surface area (Å²) in [4.78, 5) is 15.5. The number of hydrogen-bond acceptors (Lipinski definition) is 4. The van der Waals surface area contributed by atoms with E-state index in [4.69, 9.17) is 4.74 Å². The Balaban J connectivity index is 2.46. The minimum atomic E-state index is -2.89. The fourth-order valence-corrected chi connectivity index (χ4v) is 1.78. The number of carbonyl (C=O) groups excluding carboxylic acids is 1. The van der Waals surface area contributed by atoms with Crippen LogP contribution in [0.25, 0.3) is 0 Å². The Labute approximate surface area is 139 Å². The van der Waals surface area contributed by atoms with Gasteiger partial charge < -0.3 is 25.4 Å². The van der Waals surface area contributed by atoms with Gasteiger partial charge in [-0.1, -0.05) is 18.2 Å². The molecular weight excluding hydrogens is 322 g/mol. The zero-order chi connectivity index (χ0) is 17.8. The molecule has 1 aromatic rings. The van der Waals surface area contributed by atoms with Crippen molar-refractivity contribution in [2.24, 2.45) is 4.99 Å². The van der Waals surface area contributed by atoms with Crippen molar-refractivity contribution in [3.05, 3.63) is 29.8 Å². The van der Waals surface area contributed by atoms with Crippen molar-refractivity contribution in [2.75, 3.05) is 33.9 Å². The molecule has 1 amide bonds. The van der Waals surface area contributed by atoms with E-state index in [1.54, 1.807) is 32.4 Å². The van der Waals surface area contributed by atoms with Gasteiger partial charge in [-0.3, -0.25) is 9.79 Å². The molecule has 0 fully saturated rings. The van der Waals surface area contributed by atoms with Gasteiger partial charge in [-0.2, -0.15) is 8.78 Å². The molecule has 1 rings (SSSR count). The van der Waals surface area contributed by atoms with Crippen LogP contribution in [0.5, 0.6) is 5.75 Å². The lowest BCUT2D eigenvalue weighted by Gasteiger charge is -2.14. The number of para-hydroxylation sites is 1. The number of aliphatic imine (C=N–C) groups is 1. The Morgan fingerprint density at radius 3 is 2.67 bits per heavy atom. The maximum absolute atomic E-state index is 12.4. The summed E-state index contributed by atoms with van der Waals surface area (Å²) in [6.07, 6.45) is 0. The van der Waals surface area contributed by atoms with E-state index in [9.17, 15) is 13.6 Å². The van der Waals surface area contributed by atoms with E-state index in [0.717, 1.165) is 0 Å². The predicted octanol–water partition coefficient (Wildman–Crippen LogP) is 0.716. The predicted molar refractivity (Wildman–Crippen MR) is 86.2 cm³/mol. The van der Waals surface area contributed by atoms with Crippen molar-refractivity contribution in [1.29, 1.82) is 0 Å². The Kier molecular flexibility index (Phi) is 9.13. The second kappa shape index (κ2) is 11.2. The first-order valence-corrected chi connectivity index (χ1v) is 7.29. The number of carbonyl (C=O) groups is 1. The lowest BCUT2D eigenvalue weighted by Crippen LogP contribution is -2.43. The topological polar surface area (TPSA) is 84.0 Å². The number of methoxy groups -OCH3 is 1. The van der Waals surface area contributed by atoms with Crippen molar-refractivity contribution in [3.8, 4) is 5.75 Å². The van der Waals surface area contributed by atoms with Crippen LogP contribution in [0.3, 0.4) is 0 Å². The highest BCUT2D eigenvalue weighted by Gasteiger charge is 2.10. The van der Waals surface area contributed by atoms with Gasteiger partial charge in [0.25, 0.3) is 0 Å². The summed E-state index contributed by atoms with van der Waals surface area (Å²) in [5.41, 5.74) is 0.547. The number of rotatable bonds is 9. The lowest BCUT2D eigenvalue weighted by molar-refractivity contribution is -0.120. The van der Waals surface area contributed by atoms with E-state index in [1.807, 2.05) is 0 Å². The molecule has 0 atom stereocenters. The summed E-state index contributed by atoms with van der Waals surface area (Å²) in [7, 11) is 3.09. The number of ether oxygens (including phenoxy) is 2. The smallest absolute Gasteiger partial charge is 0.387 e. The summed E-state index contributed by atoms with van der Waals surface area (Å²) < 4.78 is 34.0. The van der Waals surface area contributed by atoms with E-state index in [2.05, 4.69) is 25.7 Å². The van der Waals surface area contributed by atoms with Gasteiger partial charge in [0.2, 0.25) is 5.91 Å². The van der Waals surface area contributed by atoms with Crippen LogP contribution in [0.4, 0.5) is 8.78 Å². The Bertz CT molecular complexity index is 541. The summed E-state index contributed by atoms with van der Waals surface area (Å²) in [6.45, 7) is -1.80. The summed E-state index contributed by atoms with van der Waals surface area (Å²) in [6, 6.07) is 6.45. The normalized spacial score (nSPS) is 11.3. The molecule has 0 saturated carbocycles. The summed E-state index contributed by atoms with van der Waals surface area (Å²) in [5, 5.41) is 8.41.